The molecule has 0 atom stereocenters. The largest absolute Gasteiger partial charge is 0.378 e. The van der Waals surface area contributed by atoms with Crippen LogP contribution in [0.1, 0.15) is 18.4 Å². The van der Waals surface area contributed by atoms with Gasteiger partial charge in [0.1, 0.15) is 5.82 Å². The Kier molecular flexibility index (Phi) is 3.62. The number of aromatic amines is 1. The molecule has 0 spiro atoms. The molecule has 0 aliphatic heterocycles. The number of benzene rings is 1. The van der Waals surface area contributed by atoms with Gasteiger partial charge in [-0.2, -0.15) is 0 Å². The standard InChI is InChI=1S/C12H14BrN3/c1-2-10-7-15-12(16-10)8-14-11-5-3-4-9(13)6-11/h3-7,14H,2,8H2,1H3,(H,15,16). The number of aryl methyl sites for hydroxylation is 1. The van der Waals surface area contributed by atoms with Crippen LogP contribution in [0.15, 0.2) is 34.9 Å². The molecule has 1 aromatic carbocycles. The minimum atomic E-state index is 0.719. The second-order valence-corrected chi connectivity index (χ2v) is 4.49. The van der Waals surface area contributed by atoms with E-state index in [0.717, 1.165) is 29.0 Å². The van der Waals surface area contributed by atoms with Crippen molar-refractivity contribution in [2.75, 3.05) is 5.32 Å². The molecule has 2 N–H and O–H groups in total. The van der Waals surface area contributed by atoms with E-state index in [9.17, 15) is 0 Å². The number of nitrogens with one attached hydrogen (secondary N) is 2. The summed E-state index contributed by atoms with van der Waals surface area (Å²) in [7, 11) is 0. The molecule has 2 rings (SSSR count). The first-order chi connectivity index (χ1) is 7.78. The van der Waals surface area contributed by atoms with E-state index in [-0.39, 0.29) is 0 Å². The number of rotatable bonds is 4. The fraction of sp³-hybridized carbons (Fsp3) is 0.250. The zero-order chi connectivity index (χ0) is 11.4. The number of hydrogen-bond acceptors (Lipinski definition) is 2. The van der Waals surface area contributed by atoms with Gasteiger partial charge in [0, 0.05) is 22.1 Å². The van der Waals surface area contributed by atoms with Crippen molar-refractivity contribution in [3.63, 3.8) is 0 Å². The minimum Gasteiger partial charge on any atom is -0.378 e. The van der Waals surface area contributed by atoms with Gasteiger partial charge in [-0.3, -0.25) is 0 Å². The number of nitrogens with zero attached hydrogens (tertiary/aromatic N) is 1. The highest BCUT2D eigenvalue weighted by molar-refractivity contribution is 9.10. The molecule has 2 aromatic rings. The second kappa shape index (κ2) is 5.16. The molecule has 0 aliphatic rings. The summed E-state index contributed by atoms with van der Waals surface area (Å²) in [4.78, 5) is 7.56. The van der Waals surface area contributed by atoms with Crippen LogP contribution in [0, 0.1) is 0 Å². The molecule has 4 heteroatoms. The molecule has 0 fully saturated rings. The lowest BCUT2D eigenvalue weighted by Crippen LogP contribution is -2.01. The first-order valence-corrected chi connectivity index (χ1v) is 6.09. The van der Waals surface area contributed by atoms with Crippen molar-refractivity contribution in [2.24, 2.45) is 0 Å². The Labute approximate surface area is 103 Å². The summed E-state index contributed by atoms with van der Waals surface area (Å²) in [6, 6.07) is 8.09. The molecule has 1 aromatic heterocycles. The highest BCUT2D eigenvalue weighted by Crippen LogP contribution is 2.16. The van der Waals surface area contributed by atoms with Crippen molar-refractivity contribution in [3.05, 3.63) is 46.5 Å². The molecule has 0 unspecified atom stereocenters. The molecule has 1 heterocycles. The summed E-state index contributed by atoms with van der Waals surface area (Å²) in [5.41, 5.74) is 2.26. The van der Waals surface area contributed by atoms with E-state index in [1.807, 2.05) is 30.5 Å². The number of aromatic nitrogens is 2. The van der Waals surface area contributed by atoms with E-state index in [0.29, 0.717) is 0 Å². The summed E-state index contributed by atoms with van der Waals surface area (Å²) >= 11 is 3.44. The molecule has 0 saturated carbocycles. The average molecular weight is 280 g/mol. The second-order valence-electron chi connectivity index (χ2n) is 3.57. The molecule has 0 bridgehead atoms. The Morgan fingerprint density at radius 1 is 1.44 bits per heavy atom. The predicted octanol–water partition coefficient (Wildman–Crippen LogP) is 3.35. The smallest absolute Gasteiger partial charge is 0.125 e. The summed E-state index contributed by atoms with van der Waals surface area (Å²) in [5, 5.41) is 3.32. The lowest BCUT2D eigenvalue weighted by atomic mass is 10.3. The summed E-state index contributed by atoms with van der Waals surface area (Å²) in [6.07, 6.45) is 2.88. The van der Waals surface area contributed by atoms with Crippen LogP contribution in [0.5, 0.6) is 0 Å². The first kappa shape index (κ1) is 11.2. The Morgan fingerprint density at radius 3 is 3.00 bits per heavy atom. The maximum atomic E-state index is 4.29. The van der Waals surface area contributed by atoms with Crippen molar-refractivity contribution in [1.82, 2.24) is 9.97 Å². The zero-order valence-corrected chi connectivity index (χ0v) is 10.7. The molecule has 0 aliphatic carbocycles. The Hall–Kier alpha value is -1.29. The Balaban J connectivity index is 1.96. The highest BCUT2D eigenvalue weighted by Gasteiger charge is 1.99. The van der Waals surface area contributed by atoms with Gasteiger partial charge < -0.3 is 10.3 Å². The Bertz CT molecular complexity index is 465. The average Bonchev–Trinajstić information content (AvgIpc) is 2.74. The molecule has 3 nitrogen and oxygen atoms in total. The van der Waals surface area contributed by atoms with Gasteiger partial charge >= 0.3 is 0 Å². The normalized spacial score (nSPS) is 10.4. The summed E-state index contributed by atoms with van der Waals surface area (Å²) < 4.78 is 1.08. The lowest BCUT2D eigenvalue weighted by molar-refractivity contribution is 0.971. The van der Waals surface area contributed by atoms with Crippen LogP contribution in [-0.4, -0.2) is 9.97 Å². The minimum absolute atomic E-state index is 0.719. The maximum absolute atomic E-state index is 4.29. The van der Waals surface area contributed by atoms with Crippen LogP contribution in [-0.2, 0) is 13.0 Å². The van der Waals surface area contributed by atoms with Crippen LogP contribution in [0.3, 0.4) is 0 Å². The van der Waals surface area contributed by atoms with Crippen LogP contribution in [0.2, 0.25) is 0 Å². The monoisotopic (exact) mass is 279 g/mol. The van der Waals surface area contributed by atoms with Crippen LogP contribution >= 0.6 is 15.9 Å². The summed E-state index contributed by atoms with van der Waals surface area (Å²) in [6.45, 7) is 2.83. The van der Waals surface area contributed by atoms with Crippen LogP contribution in [0.4, 0.5) is 5.69 Å². The molecule has 16 heavy (non-hydrogen) atoms. The van der Waals surface area contributed by atoms with Gasteiger partial charge in [-0.05, 0) is 24.6 Å². The van der Waals surface area contributed by atoms with Gasteiger partial charge in [-0.25, -0.2) is 4.98 Å². The van der Waals surface area contributed by atoms with Crippen molar-refractivity contribution in [2.45, 2.75) is 19.9 Å². The molecule has 0 radical (unpaired) electrons. The molecular weight excluding hydrogens is 266 g/mol. The summed E-state index contributed by atoms with van der Waals surface area (Å²) in [5.74, 6) is 0.969. The van der Waals surface area contributed by atoms with Gasteiger partial charge in [0.15, 0.2) is 0 Å². The van der Waals surface area contributed by atoms with Crippen molar-refractivity contribution < 1.29 is 0 Å². The van der Waals surface area contributed by atoms with E-state index in [1.54, 1.807) is 0 Å². The van der Waals surface area contributed by atoms with E-state index >= 15 is 0 Å². The number of imidazole rings is 1. The SMILES string of the molecule is CCc1cnc(CNc2cccc(Br)c2)[nH]1. The van der Waals surface area contributed by atoms with Crippen molar-refractivity contribution >= 4 is 21.6 Å². The molecule has 84 valence electrons. The van der Waals surface area contributed by atoms with E-state index in [4.69, 9.17) is 0 Å². The van der Waals surface area contributed by atoms with E-state index in [1.165, 1.54) is 5.69 Å². The third-order valence-electron chi connectivity index (χ3n) is 2.35. The fourth-order valence-electron chi connectivity index (χ4n) is 1.46. The zero-order valence-electron chi connectivity index (χ0n) is 9.13. The van der Waals surface area contributed by atoms with Crippen molar-refractivity contribution in [1.29, 1.82) is 0 Å². The molecule has 0 saturated heterocycles. The quantitative estimate of drug-likeness (QED) is 0.901. The topological polar surface area (TPSA) is 40.7 Å². The number of halogens is 1. The Morgan fingerprint density at radius 2 is 2.31 bits per heavy atom. The highest BCUT2D eigenvalue weighted by atomic mass is 79.9. The van der Waals surface area contributed by atoms with Crippen LogP contribution in [0.25, 0.3) is 0 Å². The van der Waals surface area contributed by atoms with Gasteiger partial charge in [-0.1, -0.05) is 28.9 Å². The molecular formula is C12H14BrN3. The first-order valence-electron chi connectivity index (χ1n) is 5.30. The van der Waals surface area contributed by atoms with Gasteiger partial charge in [0.2, 0.25) is 0 Å². The van der Waals surface area contributed by atoms with E-state index in [2.05, 4.69) is 38.1 Å². The fourth-order valence-corrected chi connectivity index (χ4v) is 1.86. The number of anilines is 1. The van der Waals surface area contributed by atoms with Gasteiger partial charge in [-0.15, -0.1) is 0 Å². The number of hydrogen-bond donors (Lipinski definition) is 2. The van der Waals surface area contributed by atoms with Gasteiger partial charge in [0.05, 0.1) is 6.54 Å². The third-order valence-corrected chi connectivity index (χ3v) is 2.84. The van der Waals surface area contributed by atoms with E-state index < -0.39 is 0 Å². The maximum Gasteiger partial charge on any atom is 0.125 e. The third kappa shape index (κ3) is 2.85. The predicted molar refractivity (Wildman–Crippen MR) is 69.4 cm³/mol. The number of H-pyrrole nitrogens is 1. The van der Waals surface area contributed by atoms with Crippen molar-refractivity contribution in [3.8, 4) is 0 Å². The van der Waals surface area contributed by atoms with Crippen LogP contribution < -0.4 is 5.32 Å². The van der Waals surface area contributed by atoms with Gasteiger partial charge in [0.25, 0.3) is 0 Å². The molecule has 0 amide bonds. The lowest BCUT2D eigenvalue weighted by Gasteiger charge is -2.04.